The van der Waals surface area contributed by atoms with Gasteiger partial charge in [-0.05, 0) is 25.7 Å². The van der Waals surface area contributed by atoms with Crippen LogP contribution in [0, 0.1) is 0 Å². The zero-order valence-electron chi connectivity index (χ0n) is 10.8. The normalized spacial score (nSPS) is 26.8. The largest absolute Gasteiger partial charge is 0.370 e. The molecule has 0 bridgehead atoms. The molecule has 1 spiro atoms. The van der Waals surface area contributed by atoms with Crippen LogP contribution in [0.25, 0.3) is 0 Å². The number of aromatic nitrogens is 3. The Labute approximate surface area is 108 Å². The minimum Gasteiger partial charge on any atom is -0.370 e. The van der Waals surface area contributed by atoms with Gasteiger partial charge in [0, 0.05) is 0 Å². The van der Waals surface area contributed by atoms with Crippen molar-refractivity contribution in [3.8, 4) is 0 Å². The summed E-state index contributed by atoms with van der Waals surface area (Å²) in [7, 11) is 0. The van der Waals surface area contributed by atoms with E-state index in [-0.39, 0.29) is 5.60 Å². The molecule has 2 aliphatic rings. The highest BCUT2D eigenvalue weighted by Gasteiger charge is 2.40. The van der Waals surface area contributed by atoms with Crippen molar-refractivity contribution < 1.29 is 4.74 Å². The summed E-state index contributed by atoms with van der Waals surface area (Å²) in [4.78, 5) is 4.15. The first kappa shape index (κ1) is 12.1. The van der Waals surface area contributed by atoms with Gasteiger partial charge in [0.25, 0.3) is 0 Å². The van der Waals surface area contributed by atoms with E-state index in [2.05, 4.69) is 10.1 Å². The number of hydrogen-bond donors (Lipinski definition) is 1. The summed E-state index contributed by atoms with van der Waals surface area (Å²) in [5.41, 5.74) is 5.71. The number of nitrogens with two attached hydrogens (primary N) is 1. The van der Waals surface area contributed by atoms with Crippen molar-refractivity contribution in [1.29, 1.82) is 0 Å². The van der Waals surface area contributed by atoms with Gasteiger partial charge in [0.2, 0.25) is 0 Å². The summed E-state index contributed by atoms with van der Waals surface area (Å²) in [6.45, 7) is 1.22. The smallest absolute Gasteiger partial charge is 0.164 e. The van der Waals surface area contributed by atoms with E-state index >= 15 is 0 Å². The SMILES string of the molecule is NCc1ncn(CC2CCC3(CCCCC3)O2)n1. The van der Waals surface area contributed by atoms with Crippen LogP contribution in [0.5, 0.6) is 0 Å². The number of ether oxygens (including phenoxy) is 1. The van der Waals surface area contributed by atoms with Crippen LogP contribution in [0.3, 0.4) is 0 Å². The van der Waals surface area contributed by atoms with E-state index in [1.807, 2.05) is 4.68 Å². The Hall–Kier alpha value is -0.940. The fraction of sp³-hybridized carbons (Fsp3) is 0.846. The lowest BCUT2D eigenvalue weighted by atomic mass is 9.83. The Morgan fingerprint density at radius 3 is 2.89 bits per heavy atom. The molecule has 2 fully saturated rings. The van der Waals surface area contributed by atoms with Crippen LogP contribution in [-0.4, -0.2) is 26.5 Å². The minimum absolute atomic E-state index is 0.195. The van der Waals surface area contributed by atoms with Crippen molar-refractivity contribution in [3.63, 3.8) is 0 Å². The quantitative estimate of drug-likeness (QED) is 0.885. The second-order valence-corrected chi connectivity index (χ2v) is 5.61. The Balaban J connectivity index is 1.58. The van der Waals surface area contributed by atoms with E-state index in [0.29, 0.717) is 18.5 Å². The molecule has 1 atom stereocenters. The third-order valence-electron chi connectivity index (χ3n) is 4.26. The van der Waals surface area contributed by atoms with Crippen LogP contribution >= 0.6 is 0 Å². The molecule has 0 aromatic carbocycles. The molecule has 5 nitrogen and oxygen atoms in total. The lowest BCUT2D eigenvalue weighted by molar-refractivity contribution is -0.0688. The molecule has 3 rings (SSSR count). The molecular weight excluding hydrogens is 228 g/mol. The predicted molar refractivity (Wildman–Crippen MR) is 67.8 cm³/mol. The fourth-order valence-electron chi connectivity index (χ4n) is 3.31. The van der Waals surface area contributed by atoms with E-state index in [9.17, 15) is 0 Å². The van der Waals surface area contributed by atoms with Gasteiger partial charge >= 0.3 is 0 Å². The molecule has 2 N–H and O–H groups in total. The van der Waals surface area contributed by atoms with Gasteiger partial charge in [-0.2, -0.15) is 5.10 Å². The lowest BCUT2D eigenvalue weighted by Gasteiger charge is -2.33. The lowest BCUT2D eigenvalue weighted by Crippen LogP contribution is -2.32. The first-order valence-electron chi connectivity index (χ1n) is 7.06. The van der Waals surface area contributed by atoms with Crippen LogP contribution in [-0.2, 0) is 17.8 Å². The molecule has 1 unspecified atom stereocenters. The second-order valence-electron chi connectivity index (χ2n) is 5.61. The molecule has 1 saturated heterocycles. The van der Waals surface area contributed by atoms with E-state index in [4.69, 9.17) is 10.5 Å². The van der Waals surface area contributed by atoms with Crippen LogP contribution in [0.4, 0.5) is 0 Å². The average Bonchev–Trinajstić information content (AvgIpc) is 2.99. The zero-order chi connectivity index (χ0) is 12.4. The average molecular weight is 250 g/mol. The topological polar surface area (TPSA) is 66.0 Å². The summed E-state index contributed by atoms with van der Waals surface area (Å²) in [5.74, 6) is 0.709. The molecule has 2 heterocycles. The highest BCUT2D eigenvalue weighted by atomic mass is 16.5. The Morgan fingerprint density at radius 2 is 2.17 bits per heavy atom. The van der Waals surface area contributed by atoms with Gasteiger partial charge in [-0.1, -0.05) is 19.3 Å². The van der Waals surface area contributed by atoms with Crippen molar-refractivity contribution >= 4 is 0 Å². The van der Waals surface area contributed by atoms with Crippen LogP contribution < -0.4 is 5.73 Å². The maximum absolute atomic E-state index is 6.32. The summed E-state index contributed by atoms with van der Waals surface area (Å²) < 4.78 is 8.19. The summed E-state index contributed by atoms with van der Waals surface area (Å²) in [5, 5.41) is 4.33. The van der Waals surface area contributed by atoms with Crippen molar-refractivity contribution in [2.24, 2.45) is 5.73 Å². The minimum atomic E-state index is 0.195. The van der Waals surface area contributed by atoms with Gasteiger partial charge in [0.15, 0.2) is 5.82 Å². The van der Waals surface area contributed by atoms with Gasteiger partial charge in [0.05, 0.1) is 24.8 Å². The maximum atomic E-state index is 6.32. The second kappa shape index (κ2) is 4.97. The van der Waals surface area contributed by atoms with Gasteiger partial charge < -0.3 is 10.5 Å². The molecule has 1 aromatic rings. The summed E-state index contributed by atoms with van der Waals surface area (Å²) in [6, 6.07) is 0. The third-order valence-corrected chi connectivity index (χ3v) is 4.26. The Morgan fingerprint density at radius 1 is 1.33 bits per heavy atom. The molecule has 0 radical (unpaired) electrons. The monoisotopic (exact) mass is 250 g/mol. The molecule has 100 valence electrons. The standard InChI is InChI=1S/C13H22N4O/c14-8-12-15-10-17(16-12)9-11-4-7-13(18-11)5-2-1-3-6-13/h10-11H,1-9,14H2. The van der Waals surface area contributed by atoms with E-state index in [1.165, 1.54) is 38.5 Å². The zero-order valence-corrected chi connectivity index (χ0v) is 10.8. The predicted octanol–water partition coefficient (Wildman–Crippen LogP) is 1.62. The maximum Gasteiger partial charge on any atom is 0.164 e. The Bertz CT molecular complexity index is 397. The van der Waals surface area contributed by atoms with E-state index < -0.39 is 0 Å². The fourth-order valence-corrected chi connectivity index (χ4v) is 3.31. The molecule has 0 amide bonds. The van der Waals surface area contributed by atoms with E-state index in [0.717, 1.165) is 13.0 Å². The third kappa shape index (κ3) is 2.42. The number of hydrogen-bond acceptors (Lipinski definition) is 4. The van der Waals surface area contributed by atoms with Crippen LogP contribution in [0.1, 0.15) is 50.8 Å². The summed E-state index contributed by atoms with van der Waals surface area (Å²) >= 11 is 0. The first-order chi connectivity index (χ1) is 8.80. The molecule has 1 aliphatic carbocycles. The van der Waals surface area contributed by atoms with Gasteiger partial charge in [0.1, 0.15) is 6.33 Å². The molecule has 1 saturated carbocycles. The van der Waals surface area contributed by atoms with Crippen LogP contribution in [0.2, 0.25) is 0 Å². The molecule has 18 heavy (non-hydrogen) atoms. The van der Waals surface area contributed by atoms with Crippen molar-refractivity contribution in [2.45, 2.75) is 69.7 Å². The molecule has 5 heteroatoms. The molecular formula is C13H22N4O. The number of nitrogens with zero attached hydrogens (tertiary/aromatic N) is 3. The molecule has 1 aromatic heterocycles. The van der Waals surface area contributed by atoms with Gasteiger partial charge in [-0.3, -0.25) is 4.68 Å². The van der Waals surface area contributed by atoms with E-state index in [1.54, 1.807) is 6.33 Å². The van der Waals surface area contributed by atoms with Crippen molar-refractivity contribution in [1.82, 2.24) is 14.8 Å². The van der Waals surface area contributed by atoms with Crippen LogP contribution in [0.15, 0.2) is 6.33 Å². The number of rotatable bonds is 3. The summed E-state index contributed by atoms with van der Waals surface area (Å²) in [6.07, 6.45) is 10.9. The highest BCUT2D eigenvalue weighted by Crippen LogP contribution is 2.42. The Kier molecular flexibility index (Phi) is 3.35. The molecule has 1 aliphatic heterocycles. The van der Waals surface area contributed by atoms with Gasteiger partial charge in [-0.15, -0.1) is 0 Å². The first-order valence-corrected chi connectivity index (χ1v) is 7.06. The highest BCUT2D eigenvalue weighted by molar-refractivity contribution is 4.91. The van der Waals surface area contributed by atoms with Gasteiger partial charge in [-0.25, -0.2) is 4.98 Å². The van der Waals surface area contributed by atoms with Crippen molar-refractivity contribution in [3.05, 3.63) is 12.2 Å². The van der Waals surface area contributed by atoms with Crippen molar-refractivity contribution in [2.75, 3.05) is 0 Å².